The van der Waals surface area contributed by atoms with Gasteiger partial charge in [-0.25, -0.2) is 4.98 Å². The van der Waals surface area contributed by atoms with Crippen molar-refractivity contribution >= 4 is 17.2 Å². The van der Waals surface area contributed by atoms with Crippen LogP contribution in [0, 0.1) is 0 Å². The fourth-order valence-electron chi connectivity index (χ4n) is 5.28. The molecule has 0 atom stereocenters. The quantitative estimate of drug-likeness (QED) is 0.224. The zero-order valence-electron chi connectivity index (χ0n) is 27.6. The van der Waals surface area contributed by atoms with Crippen molar-refractivity contribution in [1.29, 1.82) is 0 Å². The van der Waals surface area contributed by atoms with Crippen LogP contribution in [0.1, 0.15) is 79.0 Å². The third-order valence-electron chi connectivity index (χ3n) is 8.08. The molecule has 1 N–H and O–H groups in total. The summed E-state index contributed by atoms with van der Waals surface area (Å²) in [4.78, 5) is 12.2. The standard InChI is InChI=1S/C40H45N3O/c1-38(2,3)28-20-21-41-35(26-28)34-17-13-19-37(42-34)43(31-15-12-14-27(22-31)33-16-10-11-18-36(33)44)32-24-29(39(4,5)6)23-30(25-32)40(7,8)9/h10-26,44H,1-9H3. The van der Waals surface area contributed by atoms with Crippen molar-refractivity contribution in [2.24, 2.45) is 0 Å². The Morgan fingerprint density at radius 3 is 1.82 bits per heavy atom. The van der Waals surface area contributed by atoms with E-state index in [0.717, 1.165) is 39.7 Å². The smallest absolute Gasteiger partial charge is 0.138 e. The lowest BCUT2D eigenvalue weighted by Gasteiger charge is -2.31. The number of hydrogen-bond acceptors (Lipinski definition) is 4. The molecule has 226 valence electrons. The maximum absolute atomic E-state index is 10.7. The number of hydrogen-bond donors (Lipinski definition) is 1. The van der Waals surface area contributed by atoms with E-state index in [9.17, 15) is 5.11 Å². The molecule has 0 unspecified atom stereocenters. The zero-order chi connectivity index (χ0) is 31.9. The maximum Gasteiger partial charge on any atom is 0.138 e. The van der Waals surface area contributed by atoms with Crippen LogP contribution < -0.4 is 4.90 Å². The Labute approximate surface area is 263 Å². The van der Waals surface area contributed by atoms with E-state index in [1.807, 2.05) is 42.6 Å². The topological polar surface area (TPSA) is 49.2 Å². The van der Waals surface area contributed by atoms with Crippen LogP contribution in [0.5, 0.6) is 5.75 Å². The van der Waals surface area contributed by atoms with Crippen molar-refractivity contribution in [2.75, 3.05) is 4.90 Å². The predicted molar refractivity (Wildman–Crippen MR) is 185 cm³/mol. The first-order valence-corrected chi connectivity index (χ1v) is 15.4. The van der Waals surface area contributed by atoms with E-state index in [1.54, 1.807) is 6.07 Å². The van der Waals surface area contributed by atoms with E-state index in [2.05, 4.69) is 122 Å². The number of phenolic OH excluding ortho intramolecular Hbond substituents is 1. The van der Waals surface area contributed by atoms with Gasteiger partial charge in [-0.1, -0.05) is 105 Å². The first-order chi connectivity index (χ1) is 20.6. The first kappa shape index (κ1) is 31.0. The van der Waals surface area contributed by atoms with Gasteiger partial charge in [-0.05, 0) is 93.1 Å². The monoisotopic (exact) mass is 583 g/mol. The number of rotatable bonds is 5. The first-order valence-electron chi connectivity index (χ1n) is 15.4. The molecule has 0 amide bonds. The van der Waals surface area contributed by atoms with Crippen LogP contribution in [0.15, 0.2) is 103 Å². The number of para-hydroxylation sites is 1. The number of aromatic nitrogens is 2. The van der Waals surface area contributed by atoms with Crippen LogP contribution >= 0.6 is 0 Å². The summed E-state index contributed by atoms with van der Waals surface area (Å²) in [6.45, 7) is 20.2. The van der Waals surface area contributed by atoms with Crippen molar-refractivity contribution in [1.82, 2.24) is 9.97 Å². The predicted octanol–water partition coefficient (Wildman–Crippen LogP) is 10.9. The van der Waals surface area contributed by atoms with Gasteiger partial charge >= 0.3 is 0 Å². The minimum absolute atomic E-state index is 0.00151. The van der Waals surface area contributed by atoms with E-state index in [-0.39, 0.29) is 22.0 Å². The highest BCUT2D eigenvalue weighted by molar-refractivity contribution is 5.81. The van der Waals surface area contributed by atoms with Gasteiger partial charge in [-0.2, -0.15) is 0 Å². The molecule has 4 heteroatoms. The molecule has 0 aliphatic rings. The fraction of sp³-hybridized carbons (Fsp3) is 0.300. The van der Waals surface area contributed by atoms with Gasteiger partial charge in [0.25, 0.3) is 0 Å². The Morgan fingerprint density at radius 1 is 0.545 bits per heavy atom. The number of pyridine rings is 2. The van der Waals surface area contributed by atoms with Crippen LogP contribution in [0.4, 0.5) is 17.2 Å². The molecule has 4 nitrogen and oxygen atoms in total. The van der Waals surface area contributed by atoms with Gasteiger partial charge in [0.15, 0.2) is 0 Å². The van der Waals surface area contributed by atoms with Crippen LogP contribution in [-0.2, 0) is 16.2 Å². The second-order valence-electron chi connectivity index (χ2n) is 14.7. The molecule has 0 aliphatic heterocycles. The van der Waals surface area contributed by atoms with Crippen molar-refractivity contribution in [2.45, 2.75) is 78.6 Å². The lowest BCUT2D eigenvalue weighted by molar-refractivity contribution is 0.477. The number of aromatic hydroxyl groups is 1. The van der Waals surface area contributed by atoms with Crippen LogP contribution in [-0.4, -0.2) is 15.1 Å². The zero-order valence-corrected chi connectivity index (χ0v) is 27.6. The number of phenols is 1. The van der Waals surface area contributed by atoms with Crippen LogP contribution in [0.2, 0.25) is 0 Å². The maximum atomic E-state index is 10.7. The molecule has 5 rings (SSSR count). The molecule has 0 saturated carbocycles. The average molecular weight is 584 g/mol. The largest absolute Gasteiger partial charge is 0.507 e. The Morgan fingerprint density at radius 2 is 1.18 bits per heavy atom. The van der Waals surface area contributed by atoms with Crippen molar-refractivity contribution in [3.05, 3.63) is 120 Å². The molecule has 2 aromatic heterocycles. The number of anilines is 3. The third-order valence-corrected chi connectivity index (χ3v) is 8.08. The Bertz CT molecular complexity index is 1750. The minimum Gasteiger partial charge on any atom is -0.507 e. The van der Waals surface area contributed by atoms with E-state index in [1.165, 1.54) is 16.7 Å². The van der Waals surface area contributed by atoms with E-state index >= 15 is 0 Å². The summed E-state index contributed by atoms with van der Waals surface area (Å²) < 4.78 is 0. The van der Waals surface area contributed by atoms with Gasteiger partial charge < -0.3 is 5.11 Å². The lowest BCUT2D eigenvalue weighted by Crippen LogP contribution is -2.19. The summed E-state index contributed by atoms with van der Waals surface area (Å²) >= 11 is 0. The average Bonchev–Trinajstić information content (AvgIpc) is 2.96. The molecular formula is C40H45N3O. The molecule has 0 radical (unpaired) electrons. The van der Waals surface area contributed by atoms with Crippen molar-refractivity contribution in [3.8, 4) is 28.3 Å². The molecule has 0 bridgehead atoms. The van der Waals surface area contributed by atoms with Gasteiger partial charge in [0.05, 0.1) is 11.4 Å². The van der Waals surface area contributed by atoms with Crippen molar-refractivity contribution < 1.29 is 5.11 Å². The lowest BCUT2D eigenvalue weighted by atomic mass is 9.80. The highest BCUT2D eigenvalue weighted by Crippen LogP contribution is 2.41. The summed E-state index contributed by atoms with van der Waals surface area (Å²) in [6.07, 6.45) is 1.88. The molecule has 44 heavy (non-hydrogen) atoms. The molecular weight excluding hydrogens is 538 g/mol. The third kappa shape index (κ3) is 6.70. The Hall–Kier alpha value is -4.44. The van der Waals surface area contributed by atoms with E-state index in [4.69, 9.17) is 9.97 Å². The summed E-state index contributed by atoms with van der Waals surface area (Å²) in [5.41, 5.74) is 9.03. The summed E-state index contributed by atoms with van der Waals surface area (Å²) in [5, 5.41) is 10.7. The molecule has 0 fully saturated rings. The van der Waals surface area contributed by atoms with E-state index < -0.39 is 0 Å². The second-order valence-corrected chi connectivity index (χ2v) is 14.7. The minimum atomic E-state index is -0.0497. The normalized spacial score (nSPS) is 12.3. The highest BCUT2D eigenvalue weighted by Gasteiger charge is 2.24. The Balaban J connectivity index is 1.75. The second kappa shape index (κ2) is 11.6. The Kier molecular flexibility index (Phi) is 8.15. The molecule has 2 heterocycles. The van der Waals surface area contributed by atoms with Gasteiger partial charge in [0.1, 0.15) is 11.6 Å². The molecule has 5 aromatic rings. The summed E-state index contributed by atoms with van der Waals surface area (Å²) in [5.74, 6) is 1.05. The molecule has 0 saturated heterocycles. The number of benzene rings is 3. The molecule has 0 spiro atoms. The fourth-order valence-corrected chi connectivity index (χ4v) is 5.28. The number of nitrogens with zero attached hydrogens (tertiary/aromatic N) is 3. The van der Waals surface area contributed by atoms with Gasteiger partial charge in [0, 0.05) is 23.1 Å². The van der Waals surface area contributed by atoms with Crippen LogP contribution in [0.25, 0.3) is 22.5 Å². The summed E-state index contributed by atoms with van der Waals surface area (Å²) in [6, 6.07) is 33.1. The van der Waals surface area contributed by atoms with Crippen LogP contribution in [0.3, 0.4) is 0 Å². The molecule has 0 aliphatic carbocycles. The molecule has 3 aromatic carbocycles. The highest BCUT2D eigenvalue weighted by atomic mass is 16.3. The SMILES string of the molecule is CC(C)(C)c1cc(N(c2cccc(-c3ccccc3O)c2)c2cccc(-c3cc(C(C)(C)C)ccn3)n2)cc(C(C)(C)C)c1. The van der Waals surface area contributed by atoms with Crippen molar-refractivity contribution in [3.63, 3.8) is 0 Å². The van der Waals surface area contributed by atoms with Gasteiger partial charge in [-0.15, -0.1) is 0 Å². The summed E-state index contributed by atoms with van der Waals surface area (Å²) in [7, 11) is 0. The van der Waals surface area contributed by atoms with Gasteiger partial charge in [0.2, 0.25) is 0 Å². The van der Waals surface area contributed by atoms with E-state index in [0.29, 0.717) is 0 Å². The van der Waals surface area contributed by atoms with Gasteiger partial charge in [-0.3, -0.25) is 9.88 Å².